The lowest BCUT2D eigenvalue weighted by molar-refractivity contribution is -0.137. The molecule has 0 radical (unpaired) electrons. The Labute approximate surface area is 134 Å². The summed E-state index contributed by atoms with van der Waals surface area (Å²) in [6.07, 6.45) is 0.387. The normalized spacial score (nSPS) is 12.8. The molecule has 116 valence electrons. The molecule has 1 rings (SSSR count). The Morgan fingerprint density at radius 1 is 1.24 bits per heavy atom. The predicted molar refractivity (Wildman–Crippen MR) is 84.0 cm³/mol. The van der Waals surface area contributed by atoms with Gasteiger partial charge in [0.2, 0.25) is 0 Å². The van der Waals surface area contributed by atoms with Gasteiger partial charge in [-0.05, 0) is 24.0 Å². The van der Waals surface area contributed by atoms with E-state index in [1.165, 1.54) is 0 Å². The number of nitrogens with one attached hydrogen (secondary N) is 1. The van der Waals surface area contributed by atoms with Crippen LogP contribution in [0.1, 0.15) is 44.0 Å². The molecule has 0 bridgehead atoms. The number of benzene rings is 1. The predicted octanol–water partition coefficient (Wildman–Crippen LogP) is 4.00. The quantitative estimate of drug-likeness (QED) is 0.856. The number of aliphatic carboxylic acids is 1. The molecule has 21 heavy (non-hydrogen) atoms. The second-order valence-electron chi connectivity index (χ2n) is 6.13. The van der Waals surface area contributed by atoms with E-state index in [0.29, 0.717) is 6.42 Å². The number of amides is 1. The highest BCUT2D eigenvalue weighted by molar-refractivity contribution is 6.39. The smallest absolute Gasteiger partial charge is 0.305 e. The minimum Gasteiger partial charge on any atom is -0.481 e. The van der Waals surface area contributed by atoms with Crippen molar-refractivity contribution in [2.75, 3.05) is 0 Å². The van der Waals surface area contributed by atoms with Crippen molar-refractivity contribution < 1.29 is 14.7 Å². The Morgan fingerprint density at radius 2 is 1.76 bits per heavy atom. The van der Waals surface area contributed by atoms with Gasteiger partial charge in [0, 0.05) is 6.04 Å². The van der Waals surface area contributed by atoms with E-state index in [2.05, 4.69) is 5.32 Å². The summed E-state index contributed by atoms with van der Waals surface area (Å²) in [5.74, 6) is -1.42. The molecule has 0 heterocycles. The highest BCUT2D eigenvalue weighted by Crippen LogP contribution is 2.26. The largest absolute Gasteiger partial charge is 0.481 e. The van der Waals surface area contributed by atoms with Gasteiger partial charge in [-0.3, -0.25) is 9.59 Å². The third-order valence-corrected chi connectivity index (χ3v) is 3.43. The zero-order valence-corrected chi connectivity index (χ0v) is 13.8. The molecule has 0 saturated carbocycles. The van der Waals surface area contributed by atoms with Crippen molar-refractivity contribution in [3.63, 3.8) is 0 Å². The van der Waals surface area contributed by atoms with E-state index in [0.717, 1.165) is 0 Å². The van der Waals surface area contributed by atoms with Gasteiger partial charge in [-0.15, -0.1) is 0 Å². The summed E-state index contributed by atoms with van der Waals surface area (Å²) in [4.78, 5) is 23.2. The molecule has 0 aliphatic carbocycles. The maximum atomic E-state index is 12.3. The molecule has 0 aliphatic rings. The molecule has 2 N–H and O–H groups in total. The first-order valence-electron chi connectivity index (χ1n) is 6.57. The van der Waals surface area contributed by atoms with Crippen LogP contribution in [0.2, 0.25) is 10.0 Å². The molecular formula is C15H19Cl2NO3. The van der Waals surface area contributed by atoms with Crippen molar-refractivity contribution in [3.05, 3.63) is 33.8 Å². The number of rotatable bonds is 5. The molecule has 0 spiro atoms. The third kappa shape index (κ3) is 5.94. The number of carbonyl (C=O) groups excluding carboxylic acids is 1. The Balaban J connectivity index is 2.92. The molecule has 0 aliphatic heterocycles. The zero-order chi connectivity index (χ0) is 16.2. The monoisotopic (exact) mass is 331 g/mol. The Hall–Kier alpha value is -1.26. The van der Waals surface area contributed by atoms with Crippen molar-refractivity contribution in [2.45, 2.75) is 39.7 Å². The maximum absolute atomic E-state index is 12.3. The van der Waals surface area contributed by atoms with E-state index >= 15 is 0 Å². The summed E-state index contributed by atoms with van der Waals surface area (Å²) >= 11 is 12.0. The summed E-state index contributed by atoms with van der Waals surface area (Å²) in [5, 5.41) is 12.2. The van der Waals surface area contributed by atoms with Crippen molar-refractivity contribution in [1.82, 2.24) is 5.32 Å². The SMILES string of the molecule is CC(C)(C)CC(CC(=O)O)NC(=O)c1c(Cl)cccc1Cl. The van der Waals surface area contributed by atoms with E-state index in [9.17, 15) is 9.59 Å². The first kappa shape index (κ1) is 17.8. The van der Waals surface area contributed by atoms with Gasteiger partial charge in [0.1, 0.15) is 0 Å². The van der Waals surface area contributed by atoms with Crippen LogP contribution in [-0.2, 0) is 4.79 Å². The molecule has 1 aromatic carbocycles. The molecular weight excluding hydrogens is 313 g/mol. The molecule has 1 atom stereocenters. The van der Waals surface area contributed by atoms with Crippen molar-refractivity contribution >= 4 is 35.1 Å². The van der Waals surface area contributed by atoms with Crippen LogP contribution in [-0.4, -0.2) is 23.0 Å². The minimum atomic E-state index is -0.963. The van der Waals surface area contributed by atoms with Gasteiger partial charge >= 0.3 is 5.97 Å². The fourth-order valence-electron chi connectivity index (χ4n) is 2.10. The van der Waals surface area contributed by atoms with Crippen LogP contribution in [0.25, 0.3) is 0 Å². The summed E-state index contributed by atoms with van der Waals surface area (Å²) in [7, 11) is 0. The average Bonchev–Trinajstić information content (AvgIpc) is 2.24. The van der Waals surface area contributed by atoms with Gasteiger partial charge in [0.05, 0.1) is 22.0 Å². The molecule has 4 nitrogen and oxygen atoms in total. The summed E-state index contributed by atoms with van der Waals surface area (Å²) < 4.78 is 0. The van der Waals surface area contributed by atoms with Gasteiger partial charge in [0.15, 0.2) is 0 Å². The molecule has 0 saturated heterocycles. The average molecular weight is 332 g/mol. The summed E-state index contributed by atoms with van der Waals surface area (Å²) in [6, 6.07) is 4.30. The fourth-order valence-corrected chi connectivity index (χ4v) is 2.67. The number of carboxylic acids is 1. The second kappa shape index (κ2) is 7.14. The van der Waals surface area contributed by atoms with Crippen LogP contribution in [0.3, 0.4) is 0 Å². The third-order valence-electron chi connectivity index (χ3n) is 2.80. The molecule has 1 aromatic rings. The van der Waals surface area contributed by atoms with Gasteiger partial charge in [-0.1, -0.05) is 50.0 Å². The van der Waals surface area contributed by atoms with Crippen LogP contribution >= 0.6 is 23.2 Å². The van der Waals surface area contributed by atoms with E-state index in [-0.39, 0.29) is 27.4 Å². The fraction of sp³-hybridized carbons (Fsp3) is 0.467. The highest BCUT2D eigenvalue weighted by Gasteiger charge is 2.24. The number of hydrogen-bond acceptors (Lipinski definition) is 2. The van der Waals surface area contributed by atoms with E-state index in [4.69, 9.17) is 28.3 Å². The second-order valence-corrected chi connectivity index (χ2v) is 6.94. The number of carboxylic acid groups (broad SMARTS) is 1. The molecule has 0 fully saturated rings. The van der Waals surface area contributed by atoms with E-state index < -0.39 is 17.9 Å². The standard InChI is InChI=1S/C15H19Cl2NO3/c1-15(2,3)8-9(7-12(19)20)18-14(21)13-10(16)5-4-6-11(13)17/h4-6,9H,7-8H2,1-3H3,(H,18,21)(H,19,20). The lowest BCUT2D eigenvalue weighted by Crippen LogP contribution is -2.39. The van der Waals surface area contributed by atoms with Crippen molar-refractivity contribution in [3.8, 4) is 0 Å². The van der Waals surface area contributed by atoms with Gasteiger partial charge < -0.3 is 10.4 Å². The molecule has 6 heteroatoms. The molecule has 1 unspecified atom stereocenters. The zero-order valence-electron chi connectivity index (χ0n) is 12.2. The lowest BCUT2D eigenvalue weighted by atomic mass is 9.87. The number of hydrogen-bond donors (Lipinski definition) is 2. The Bertz CT molecular complexity index is 518. The van der Waals surface area contributed by atoms with Gasteiger partial charge in [-0.25, -0.2) is 0 Å². The Kier molecular flexibility index (Phi) is 6.05. The highest BCUT2D eigenvalue weighted by atomic mass is 35.5. The van der Waals surface area contributed by atoms with E-state index in [1.54, 1.807) is 18.2 Å². The van der Waals surface area contributed by atoms with Crippen molar-refractivity contribution in [1.29, 1.82) is 0 Å². The van der Waals surface area contributed by atoms with E-state index in [1.807, 2.05) is 20.8 Å². The number of halogens is 2. The molecule has 0 aromatic heterocycles. The lowest BCUT2D eigenvalue weighted by Gasteiger charge is -2.26. The van der Waals surface area contributed by atoms with Crippen LogP contribution in [0.15, 0.2) is 18.2 Å². The maximum Gasteiger partial charge on any atom is 0.305 e. The Morgan fingerprint density at radius 3 is 2.19 bits per heavy atom. The van der Waals surface area contributed by atoms with Crippen LogP contribution in [0.5, 0.6) is 0 Å². The number of carbonyl (C=O) groups is 2. The van der Waals surface area contributed by atoms with Crippen molar-refractivity contribution in [2.24, 2.45) is 5.41 Å². The first-order chi connectivity index (χ1) is 9.60. The minimum absolute atomic E-state index is 0.113. The molecule has 1 amide bonds. The first-order valence-corrected chi connectivity index (χ1v) is 7.32. The van der Waals surface area contributed by atoms with Crippen LogP contribution < -0.4 is 5.32 Å². The van der Waals surface area contributed by atoms with Crippen LogP contribution in [0, 0.1) is 5.41 Å². The van der Waals surface area contributed by atoms with Gasteiger partial charge in [0.25, 0.3) is 5.91 Å². The van der Waals surface area contributed by atoms with Gasteiger partial charge in [-0.2, -0.15) is 0 Å². The summed E-state index contributed by atoms with van der Waals surface area (Å²) in [6.45, 7) is 5.95. The summed E-state index contributed by atoms with van der Waals surface area (Å²) in [5.41, 5.74) is 0.0580. The topological polar surface area (TPSA) is 66.4 Å². The van der Waals surface area contributed by atoms with Crippen LogP contribution in [0.4, 0.5) is 0 Å².